The quantitative estimate of drug-likeness (QED) is 0.659. The Morgan fingerprint density at radius 1 is 0.966 bits per heavy atom. The molecule has 0 saturated heterocycles. The van der Waals surface area contributed by atoms with Gasteiger partial charge >= 0.3 is 0 Å². The normalized spacial score (nSPS) is 13.4. The molecule has 3 rings (SSSR count). The lowest BCUT2D eigenvalue weighted by Gasteiger charge is -2.21. The molecule has 0 unspecified atom stereocenters. The number of rotatable bonds is 8. The van der Waals surface area contributed by atoms with Crippen molar-refractivity contribution in [3.63, 3.8) is 0 Å². The maximum absolute atomic E-state index is 12.6. The van der Waals surface area contributed by atoms with Gasteiger partial charge in [0.2, 0.25) is 11.8 Å². The molecule has 1 fully saturated rings. The van der Waals surface area contributed by atoms with Crippen LogP contribution in [0.15, 0.2) is 36.4 Å². The van der Waals surface area contributed by atoms with Crippen molar-refractivity contribution in [2.75, 3.05) is 23.7 Å². The number of halogens is 1. The Bertz CT molecular complexity index is 909. The number of nitrogens with one attached hydrogen (secondary N) is 2. The number of carbonyl (C=O) groups is 2. The van der Waals surface area contributed by atoms with E-state index in [0.717, 1.165) is 40.9 Å². The summed E-state index contributed by atoms with van der Waals surface area (Å²) in [5.41, 5.74) is 4.69. The third kappa shape index (κ3) is 6.31. The average Bonchev–Trinajstić information content (AvgIpc) is 3.50. The predicted molar refractivity (Wildman–Crippen MR) is 119 cm³/mol. The molecule has 1 aliphatic rings. The van der Waals surface area contributed by atoms with Gasteiger partial charge in [0, 0.05) is 35.4 Å². The van der Waals surface area contributed by atoms with Crippen LogP contribution in [0.4, 0.5) is 11.4 Å². The van der Waals surface area contributed by atoms with Crippen LogP contribution in [0.3, 0.4) is 0 Å². The minimum absolute atomic E-state index is 0.0447. The molecule has 0 radical (unpaired) electrons. The molecule has 0 aromatic heterocycles. The van der Waals surface area contributed by atoms with Crippen LogP contribution in [0.5, 0.6) is 0 Å². The average molecular weight is 414 g/mol. The van der Waals surface area contributed by atoms with Crippen LogP contribution in [0.25, 0.3) is 0 Å². The highest BCUT2D eigenvalue weighted by Gasteiger charge is 2.30. The molecule has 2 amide bonds. The van der Waals surface area contributed by atoms with Gasteiger partial charge in [-0.3, -0.25) is 14.5 Å². The van der Waals surface area contributed by atoms with Crippen LogP contribution >= 0.6 is 11.6 Å². The van der Waals surface area contributed by atoms with Crippen molar-refractivity contribution in [3.8, 4) is 0 Å². The van der Waals surface area contributed by atoms with Gasteiger partial charge in [0.05, 0.1) is 6.54 Å². The largest absolute Gasteiger partial charge is 0.326 e. The fraction of sp³-hybridized carbons (Fsp3) is 0.391. The molecule has 29 heavy (non-hydrogen) atoms. The summed E-state index contributed by atoms with van der Waals surface area (Å²) in [6.07, 6.45) is 2.48. The zero-order chi connectivity index (χ0) is 21.0. The molecule has 0 spiro atoms. The lowest BCUT2D eigenvalue weighted by molar-refractivity contribution is -0.119. The van der Waals surface area contributed by atoms with Gasteiger partial charge < -0.3 is 10.6 Å². The van der Waals surface area contributed by atoms with Crippen LogP contribution in [0, 0.1) is 20.8 Å². The molecular formula is C23H28ClN3O2. The summed E-state index contributed by atoms with van der Waals surface area (Å²) in [5.74, 6) is -0.118. The molecule has 0 aliphatic heterocycles. The van der Waals surface area contributed by atoms with E-state index in [4.69, 9.17) is 11.6 Å². The molecule has 2 N–H and O–H groups in total. The van der Waals surface area contributed by atoms with E-state index in [1.54, 1.807) is 12.1 Å². The maximum Gasteiger partial charge on any atom is 0.238 e. The zero-order valence-electron chi connectivity index (χ0n) is 17.2. The van der Waals surface area contributed by atoms with Crippen LogP contribution in [0.1, 0.15) is 36.0 Å². The summed E-state index contributed by atoms with van der Waals surface area (Å²) >= 11 is 6.02. The second-order valence-electron chi connectivity index (χ2n) is 7.83. The van der Waals surface area contributed by atoms with E-state index in [0.29, 0.717) is 30.6 Å². The molecule has 0 atom stereocenters. The van der Waals surface area contributed by atoms with Crippen molar-refractivity contribution in [1.29, 1.82) is 0 Å². The molecule has 0 heterocycles. The summed E-state index contributed by atoms with van der Waals surface area (Å²) in [5, 5.41) is 6.52. The van der Waals surface area contributed by atoms with Gasteiger partial charge in [0.15, 0.2) is 0 Å². The summed E-state index contributed by atoms with van der Waals surface area (Å²) in [6, 6.07) is 11.8. The van der Waals surface area contributed by atoms with Gasteiger partial charge in [-0.1, -0.05) is 29.8 Å². The predicted octanol–water partition coefficient (Wildman–Crippen LogP) is 4.70. The Morgan fingerprint density at radius 3 is 2.28 bits per heavy atom. The standard InChI is InChI=1S/C23H28ClN3O2/c1-15-4-5-16(2)20(12-15)26-23(29)14-27(19-8-9-19)11-10-22(28)25-21-13-18(24)7-6-17(21)3/h4-7,12-13,19H,8-11,14H2,1-3H3,(H,25,28)(H,26,29). The van der Waals surface area contributed by atoms with Crippen molar-refractivity contribution < 1.29 is 9.59 Å². The van der Waals surface area contributed by atoms with Crippen molar-refractivity contribution in [3.05, 3.63) is 58.1 Å². The summed E-state index contributed by atoms with van der Waals surface area (Å²) in [6.45, 7) is 6.76. The van der Waals surface area contributed by atoms with Crippen LogP contribution in [-0.4, -0.2) is 35.8 Å². The van der Waals surface area contributed by atoms with Crippen molar-refractivity contribution in [2.24, 2.45) is 0 Å². The van der Waals surface area contributed by atoms with Crippen LogP contribution in [0.2, 0.25) is 5.02 Å². The van der Waals surface area contributed by atoms with E-state index < -0.39 is 0 Å². The Morgan fingerprint density at radius 2 is 1.59 bits per heavy atom. The molecule has 2 aromatic carbocycles. The molecule has 1 saturated carbocycles. The second-order valence-corrected chi connectivity index (χ2v) is 8.26. The molecule has 2 aromatic rings. The number of benzene rings is 2. The number of amides is 2. The second kappa shape index (κ2) is 9.42. The fourth-order valence-corrected chi connectivity index (χ4v) is 3.43. The van der Waals surface area contributed by atoms with Crippen molar-refractivity contribution >= 4 is 34.8 Å². The zero-order valence-corrected chi connectivity index (χ0v) is 18.0. The Labute approximate surface area is 177 Å². The van der Waals surface area contributed by atoms with E-state index in [-0.39, 0.29) is 11.8 Å². The smallest absolute Gasteiger partial charge is 0.238 e. The van der Waals surface area contributed by atoms with E-state index in [2.05, 4.69) is 15.5 Å². The first-order valence-corrected chi connectivity index (χ1v) is 10.4. The maximum atomic E-state index is 12.6. The van der Waals surface area contributed by atoms with E-state index in [9.17, 15) is 9.59 Å². The Kier molecular flexibility index (Phi) is 6.93. The Hall–Kier alpha value is -2.37. The number of aryl methyl sites for hydroxylation is 3. The van der Waals surface area contributed by atoms with E-state index in [1.165, 1.54) is 0 Å². The van der Waals surface area contributed by atoms with Crippen molar-refractivity contribution in [1.82, 2.24) is 4.90 Å². The summed E-state index contributed by atoms with van der Waals surface area (Å²) in [4.78, 5) is 27.1. The third-order valence-corrected chi connectivity index (χ3v) is 5.41. The topological polar surface area (TPSA) is 61.4 Å². The van der Waals surface area contributed by atoms with Gasteiger partial charge in [-0.15, -0.1) is 0 Å². The van der Waals surface area contributed by atoms with E-state index >= 15 is 0 Å². The SMILES string of the molecule is Cc1ccc(C)c(NC(=O)CN(CCC(=O)Nc2cc(Cl)ccc2C)C2CC2)c1. The minimum atomic E-state index is -0.0732. The molecular weight excluding hydrogens is 386 g/mol. The van der Waals surface area contributed by atoms with Crippen LogP contribution in [-0.2, 0) is 9.59 Å². The first-order valence-electron chi connectivity index (χ1n) is 9.99. The number of carbonyl (C=O) groups excluding carboxylic acids is 2. The highest BCUT2D eigenvalue weighted by molar-refractivity contribution is 6.31. The Balaban J connectivity index is 1.53. The monoisotopic (exact) mass is 413 g/mol. The minimum Gasteiger partial charge on any atom is -0.326 e. The highest BCUT2D eigenvalue weighted by atomic mass is 35.5. The van der Waals surface area contributed by atoms with Crippen LogP contribution < -0.4 is 10.6 Å². The summed E-state index contributed by atoms with van der Waals surface area (Å²) < 4.78 is 0. The molecule has 5 nitrogen and oxygen atoms in total. The van der Waals surface area contributed by atoms with Gasteiger partial charge in [-0.05, 0) is 68.5 Å². The lowest BCUT2D eigenvalue weighted by atomic mass is 10.1. The number of anilines is 2. The first kappa shape index (κ1) is 21.3. The number of hydrogen-bond acceptors (Lipinski definition) is 3. The fourth-order valence-electron chi connectivity index (χ4n) is 3.26. The van der Waals surface area contributed by atoms with Gasteiger partial charge in [-0.25, -0.2) is 0 Å². The molecule has 0 bridgehead atoms. The number of hydrogen-bond donors (Lipinski definition) is 2. The first-order chi connectivity index (χ1) is 13.8. The third-order valence-electron chi connectivity index (χ3n) is 5.18. The van der Waals surface area contributed by atoms with Crippen molar-refractivity contribution in [2.45, 2.75) is 46.1 Å². The highest BCUT2D eigenvalue weighted by Crippen LogP contribution is 2.27. The molecule has 6 heteroatoms. The van der Waals surface area contributed by atoms with Gasteiger partial charge in [0.25, 0.3) is 0 Å². The lowest BCUT2D eigenvalue weighted by Crippen LogP contribution is -2.37. The molecule has 154 valence electrons. The number of nitrogens with zero attached hydrogens (tertiary/aromatic N) is 1. The van der Waals surface area contributed by atoms with E-state index in [1.807, 2.05) is 45.0 Å². The molecule has 1 aliphatic carbocycles. The van der Waals surface area contributed by atoms with Gasteiger partial charge in [0.1, 0.15) is 0 Å². The van der Waals surface area contributed by atoms with Gasteiger partial charge in [-0.2, -0.15) is 0 Å². The summed E-state index contributed by atoms with van der Waals surface area (Å²) in [7, 11) is 0.